The van der Waals surface area contributed by atoms with Gasteiger partial charge in [-0.1, -0.05) is 45.0 Å². The average Bonchev–Trinajstić information content (AvgIpc) is 3.30. The van der Waals surface area contributed by atoms with Gasteiger partial charge in [0, 0.05) is 12.6 Å². The topological polar surface area (TPSA) is 12.0 Å². The molecule has 1 unspecified atom stereocenters. The van der Waals surface area contributed by atoms with Crippen molar-refractivity contribution in [2.24, 2.45) is 11.3 Å². The molecule has 1 atom stereocenters. The van der Waals surface area contributed by atoms with Gasteiger partial charge in [-0.05, 0) is 60.5 Å². The molecular formula is C19H29N. The highest BCUT2D eigenvalue weighted by Crippen LogP contribution is 2.47. The lowest BCUT2D eigenvalue weighted by Crippen LogP contribution is -2.36. The summed E-state index contributed by atoms with van der Waals surface area (Å²) in [6, 6.07) is 10.2. The van der Waals surface area contributed by atoms with Crippen molar-refractivity contribution in [3.63, 3.8) is 0 Å². The van der Waals surface area contributed by atoms with E-state index < -0.39 is 0 Å². The SMILES string of the molecule is CC(C)c1ccc(CC(C)(CNC2CC2)C2CC2)cc1. The Labute approximate surface area is 124 Å². The van der Waals surface area contributed by atoms with Gasteiger partial charge >= 0.3 is 0 Å². The molecule has 0 aliphatic heterocycles. The van der Waals surface area contributed by atoms with Crippen molar-refractivity contribution < 1.29 is 0 Å². The molecule has 0 amide bonds. The summed E-state index contributed by atoms with van der Waals surface area (Å²) in [4.78, 5) is 0. The molecule has 2 aliphatic carbocycles. The quantitative estimate of drug-likeness (QED) is 0.769. The van der Waals surface area contributed by atoms with E-state index in [1.165, 1.54) is 49.8 Å². The van der Waals surface area contributed by atoms with Gasteiger partial charge in [-0.2, -0.15) is 0 Å². The average molecular weight is 271 g/mol. The van der Waals surface area contributed by atoms with Crippen LogP contribution in [0.2, 0.25) is 0 Å². The Kier molecular flexibility index (Phi) is 3.90. The zero-order valence-electron chi connectivity index (χ0n) is 13.3. The third kappa shape index (κ3) is 3.44. The number of hydrogen-bond donors (Lipinski definition) is 1. The van der Waals surface area contributed by atoms with E-state index in [0.717, 1.165) is 12.0 Å². The van der Waals surface area contributed by atoms with Gasteiger partial charge in [0.2, 0.25) is 0 Å². The highest BCUT2D eigenvalue weighted by Gasteiger charge is 2.41. The lowest BCUT2D eigenvalue weighted by Gasteiger charge is -2.30. The third-order valence-corrected chi connectivity index (χ3v) is 5.19. The van der Waals surface area contributed by atoms with Crippen molar-refractivity contribution >= 4 is 0 Å². The van der Waals surface area contributed by atoms with E-state index in [2.05, 4.69) is 50.4 Å². The molecule has 2 aliphatic rings. The fourth-order valence-corrected chi connectivity index (χ4v) is 3.28. The molecule has 0 spiro atoms. The first-order valence-corrected chi connectivity index (χ1v) is 8.39. The van der Waals surface area contributed by atoms with Crippen LogP contribution in [0.1, 0.15) is 63.5 Å². The molecule has 110 valence electrons. The molecule has 2 fully saturated rings. The first-order valence-electron chi connectivity index (χ1n) is 8.39. The monoisotopic (exact) mass is 271 g/mol. The Bertz CT molecular complexity index is 439. The van der Waals surface area contributed by atoms with Crippen LogP contribution in [0.25, 0.3) is 0 Å². The molecule has 0 radical (unpaired) electrons. The fraction of sp³-hybridized carbons (Fsp3) is 0.684. The van der Waals surface area contributed by atoms with Gasteiger partial charge in [-0.3, -0.25) is 0 Å². The maximum atomic E-state index is 3.77. The second-order valence-electron chi connectivity index (χ2n) is 7.66. The van der Waals surface area contributed by atoms with Crippen LogP contribution < -0.4 is 5.32 Å². The van der Waals surface area contributed by atoms with Crippen molar-refractivity contribution in [3.8, 4) is 0 Å². The van der Waals surface area contributed by atoms with Gasteiger partial charge in [-0.25, -0.2) is 0 Å². The Morgan fingerprint density at radius 2 is 1.75 bits per heavy atom. The van der Waals surface area contributed by atoms with Crippen LogP contribution in [0.3, 0.4) is 0 Å². The summed E-state index contributed by atoms with van der Waals surface area (Å²) in [5, 5.41) is 3.77. The van der Waals surface area contributed by atoms with Crippen LogP contribution >= 0.6 is 0 Å². The predicted octanol–water partition coefficient (Wildman–Crippen LogP) is 4.52. The van der Waals surface area contributed by atoms with Crippen LogP contribution in [-0.2, 0) is 6.42 Å². The standard InChI is InChI=1S/C19H29N/c1-14(2)16-6-4-15(5-7-16)12-19(3,17-8-9-17)13-20-18-10-11-18/h4-7,14,17-18,20H,8-13H2,1-3H3. The van der Waals surface area contributed by atoms with Gasteiger partial charge in [0.15, 0.2) is 0 Å². The Hall–Kier alpha value is -0.820. The molecule has 0 saturated heterocycles. The van der Waals surface area contributed by atoms with Gasteiger partial charge in [0.05, 0.1) is 0 Å². The van der Waals surface area contributed by atoms with Gasteiger partial charge < -0.3 is 5.32 Å². The molecule has 20 heavy (non-hydrogen) atoms. The molecule has 1 nitrogen and oxygen atoms in total. The smallest absolute Gasteiger partial charge is 0.00684 e. The second kappa shape index (κ2) is 5.52. The van der Waals surface area contributed by atoms with Gasteiger partial charge in [-0.15, -0.1) is 0 Å². The Morgan fingerprint density at radius 3 is 2.25 bits per heavy atom. The van der Waals surface area contributed by atoms with E-state index in [1.54, 1.807) is 0 Å². The molecule has 0 bridgehead atoms. The second-order valence-corrected chi connectivity index (χ2v) is 7.66. The lowest BCUT2D eigenvalue weighted by molar-refractivity contribution is 0.255. The van der Waals surface area contributed by atoms with Crippen LogP contribution in [0, 0.1) is 11.3 Å². The summed E-state index contributed by atoms with van der Waals surface area (Å²) in [5.41, 5.74) is 3.43. The summed E-state index contributed by atoms with van der Waals surface area (Å²) in [5.74, 6) is 1.58. The highest BCUT2D eigenvalue weighted by atomic mass is 15.0. The van der Waals surface area contributed by atoms with Crippen molar-refractivity contribution in [1.82, 2.24) is 5.32 Å². The van der Waals surface area contributed by atoms with Crippen LogP contribution in [0.15, 0.2) is 24.3 Å². The van der Waals surface area contributed by atoms with Crippen molar-refractivity contribution in [1.29, 1.82) is 0 Å². The normalized spacial score (nSPS) is 22.0. The third-order valence-electron chi connectivity index (χ3n) is 5.19. The van der Waals surface area contributed by atoms with Crippen LogP contribution in [-0.4, -0.2) is 12.6 Å². The number of hydrogen-bond acceptors (Lipinski definition) is 1. The van der Waals surface area contributed by atoms with Crippen LogP contribution in [0.5, 0.6) is 0 Å². The zero-order chi connectivity index (χ0) is 14.2. The first-order chi connectivity index (χ1) is 9.57. The summed E-state index contributed by atoms with van der Waals surface area (Å²) in [7, 11) is 0. The number of benzene rings is 1. The minimum Gasteiger partial charge on any atom is -0.313 e. The van der Waals surface area contributed by atoms with E-state index in [9.17, 15) is 0 Å². The molecule has 2 saturated carbocycles. The van der Waals surface area contributed by atoms with Gasteiger partial charge in [0.25, 0.3) is 0 Å². The zero-order valence-corrected chi connectivity index (χ0v) is 13.3. The molecule has 1 aromatic carbocycles. The van der Waals surface area contributed by atoms with E-state index in [-0.39, 0.29) is 0 Å². The van der Waals surface area contributed by atoms with Crippen LogP contribution in [0.4, 0.5) is 0 Å². The predicted molar refractivity (Wildman–Crippen MR) is 86.1 cm³/mol. The number of nitrogens with one attached hydrogen (secondary N) is 1. The minimum atomic E-state index is 0.460. The minimum absolute atomic E-state index is 0.460. The summed E-state index contributed by atoms with van der Waals surface area (Å²) in [6.07, 6.45) is 6.89. The highest BCUT2D eigenvalue weighted by molar-refractivity contribution is 5.26. The largest absolute Gasteiger partial charge is 0.313 e. The Morgan fingerprint density at radius 1 is 1.10 bits per heavy atom. The fourth-order valence-electron chi connectivity index (χ4n) is 3.28. The summed E-state index contributed by atoms with van der Waals surface area (Å²) >= 11 is 0. The van der Waals surface area contributed by atoms with E-state index in [1.807, 2.05) is 0 Å². The summed E-state index contributed by atoms with van der Waals surface area (Å²) < 4.78 is 0. The molecule has 3 rings (SSSR count). The van der Waals surface area contributed by atoms with E-state index >= 15 is 0 Å². The van der Waals surface area contributed by atoms with Crippen molar-refractivity contribution in [2.75, 3.05) is 6.54 Å². The first kappa shape index (κ1) is 14.1. The maximum Gasteiger partial charge on any atom is 0.00684 e. The Balaban J connectivity index is 1.65. The van der Waals surface area contributed by atoms with Crippen molar-refractivity contribution in [3.05, 3.63) is 35.4 Å². The molecule has 1 N–H and O–H groups in total. The molecule has 0 heterocycles. The molecular weight excluding hydrogens is 242 g/mol. The van der Waals surface area contributed by atoms with E-state index in [4.69, 9.17) is 0 Å². The lowest BCUT2D eigenvalue weighted by atomic mass is 9.78. The van der Waals surface area contributed by atoms with E-state index in [0.29, 0.717) is 11.3 Å². The molecule has 0 aromatic heterocycles. The van der Waals surface area contributed by atoms with Crippen molar-refractivity contribution in [2.45, 2.75) is 64.8 Å². The van der Waals surface area contributed by atoms with Gasteiger partial charge in [0.1, 0.15) is 0 Å². The maximum absolute atomic E-state index is 3.77. The molecule has 1 heteroatoms. The summed E-state index contributed by atoms with van der Waals surface area (Å²) in [6.45, 7) is 8.23. The molecule has 1 aromatic rings. The number of rotatable bonds is 7.